The lowest BCUT2D eigenvalue weighted by Crippen LogP contribution is -1.98. The molecule has 0 amide bonds. The minimum Gasteiger partial charge on any atom is -0.322 e. The summed E-state index contributed by atoms with van der Waals surface area (Å²) in [5.74, 6) is 0.656. The zero-order chi connectivity index (χ0) is 14.2. The summed E-state index contributed by atoms with van der Waals surface area (Å²) in [6.45, 7) is 2.03. The van der Waals surface area contributed by atoms with Crippen LogP contribution in [0.25, 0.3) is 16.7 Å². The van der Waals surface area contributed by atoms with E-state index >= 15 is 0 Å². The largest absolute Gasteiger partial charge is 0.322 e. The number of aryl methyl sites for hydroxylation is 1. The van der Waals surface area contributed by atoms with Gasteiger partial charge in [0.25, 0.3) is 0 Å². The highest BCUT2D eigenvalue weighted by atomic mass is 15.3. The van der Waals surface area contributed by atoms with Gasteiger partial charge in [-0.25, -0.2) is 0 Å². The van der Waals surface area contributed by atoms with Gasteiger partial charge in [0.05, 0.1) is 11.2 Å². The Balaban J connectivity index is 1.83. The van der Waals surface area contributed by atoms with Gasteiger partial charge in [0.15, 0.2) is 5.65 Å². The predicted molar refractivity (Wildman–Crippen MR) is 80.5 cm³/mol. The topological polar surface area (TPSA) is 68.0 Å². The van der Waals surface area contributed by atoms with Crippen molar-refractivity contribution in [2.75, 3.05) is 5.32 Å². The number of aromatic nitrogens is 5. The quantitative estimate of drug-likeness (QED) is 0.609. The summed E-state index contributed by atoms with van der Waals surface area (Å²) in [5, 5.41) is 11.6. The van der Waals surface area contributed by atoms with Crippen LogP contribution in [0.3, 0.4) is 0 Å². The van der Waals surface area contributed by atoms with E-state index in [1.54, 1.807) is 12.4 Å². The van der Waals surface area contributed by atoms with E-state index in [0.29, 0.717) is 5.95 Å². The number of hydrogen-bond acceptors (Lipinski definition) is 5. The third-order valence-electron chi connectivity index (χ3n) is 3.31. The highest BCUT2D eigenvalue weighted by Gasteiger charge is 2.08. The Morgan fingerprint density at radius 3 is 2.95 bits per heavy atom. The molecule has 0 aliphatic carbocycles. The molecule has 6 heteroatoms. The molecule has 0 radical (unpaired) electrons. The van der Waals surface area contributed by atoms with Crippen LogP contribution in [0.1, 0.15) is 5.56 Å². The van der Waals surface area contributed by atoms with Crippen LogP contribution in [0, 0.1) is 6.92 Å². The molecule has 0 fully saturated rings. The van der Waals surface area contributed by atoms with Gasteiger partial charge in [0.2, 0.25) is 5.95 Å². The fourth-order valence-corrected chi connectivity index (χ4v) is 2.28. The van der Waals surface area contributed by atoms with Crippen LogP contribution in [0.4, 0.5) is 11.6 Å². The summed E-state index contributed by atoms with van der Waals surface area (Å²) in [5.41, 5.74) is 4.47. The Kier molecular flexibility index (Phi) is 2.53. The summed E-state index contributed by atoms with van der Waals surface area (Å²) in [7, 11) is 0. The predicted octanol–water partition coefficient (Wildman–Crippen LogP) is 2.72. The third-order valence-corrected chi connectivity index (χ3v) is 3.31. The van der Waals surface area contributed by atoms with Crippen LogP contribution >= 0.6 is 0 Å². The first-order valence-electron chi connectivity index (χ1n) is 6.59. The van der Waals surface area contributed by atoms with E-state index in [1.807, 2.05) is 47.9 Å². The summed E-state index contributed by atoms with van der Waals surface area (Å²) in [4.78, 5) is 8.67. The molecule has 4 rings (SSSR count). The standard InChI is InChI=1S/C15H12N6/c1-10-5-8-21-13(9-10)19-20-15(21)18-12-4-7-16-11-3-2-6-17-14(11)12/h2-9H,1H3,(H,16,18,20). The van der Waals surface area contributed by atoms with Gasteiger partial charge in [-0.15, -0.1) is 10.2 Å². The van der Waals surface area contributed by atoms with Crippen molar-refractivity contribution in [1.82, 2.24) is 24.6 Å². The summed E-state index contributed by atoms with van der Waals surface area (Å²) in [6, 6.07) is 9.68. The molecule has 0 bridgehead atoms. The van der Waals surface area contributed by atoms with Gasteiger partial charge in [0.1, 0.15) is 5.52 Å². The number of nitrogens with one attached hydrogen (secondary N) is 1. The molecule has 4 heterocycles. The van der Waals surface area contributed by atoms with Crippen molar-refractivity contribution < 1.29 is 0 Å². The average Bonchev–Trinajstić information content (AvgIpc) is 2.90. The molecule has 0 atom stereocenters. The number of rotatable bonds is 2. The summed E-state index contributed by atoms with van der Waals surface area (Å²) >= 11 is 0. The average molecular weight is 276 g/mol. The van der Waals surface area contributed by atoms with Crippen LogP contribution in [0.5, 0.6) is 0 Å². The lowest BCUT2D eigenvalue weighted by atomic mass is 10.3. The van der Waals surface area contributed by atoms with Crippen molar-refractivity contribution in [2.24, 2.45) is 0 Å². The van der Waals surface area contributed by atoms with Crippen LogP contribution in [0.15, 0.2) is 48.9 Å². The smallest absolute Gasteiger partial charge is 0.233 e. The molecule has 21 heavy (non-hydrogen) atoms. The molecule has 0 aliphatic heterocycles. The second-order valence-corrected chi connectivity index (χ2v) is 4.81. The molecular weight excluding hydrogens is 264 g/mol. The molecule has 0 aliphatic rings. The fourth-order valence-electron chi connectivity index (χ4n) is 2.28. The first kappa shape index (κ1) is 11.8. The van der Waals surface area contributed by atoms with Crippen molar-refractivity contribution in [3.8, 4) is 0 Å². The van der Waals surface area contributed by atoms with Crippen molar-refractivity contribution in [3.05, 3.63) is 54.5 Å². The molecule has 1 N–H and O–H groups in total. The normalized spacial score (nSPS) is 11.1. The van der Waals surface area contributed by atoms with E-state index in [4.69, 9.17) is 0 Å². The molecule has 4 aromatic heterocycles. The van der Waals surface area contributed by atoms with E-state index in [-0.39, 0.29) is 0 Å². The molecule has 0 saturated heterocycles. The number of nitrogens with zero attached hydrogens (tertiary/aromatic N) is 5. The lowest BCUT2D eigenvalue weighted by molar-refractivity contribution is 1.11. The van der Waals surface area contributed by atoms with Crippen molar-refractivity contribution in [2.45, 2.75) is 6.92 Å². The molecule has 0 aromatic carbocycles. The van der Waals surface area contributed by atoms with Gasteiger partial charge >= 0.3 is 0 Å². The van der Waals surface area contributed by atoms with Crippen LogP contribution in [-0.2, 0) is 0 Å². The van der Waals surface area contributed by atoms with Gasteiger partial charge in [-0.2, -0.15) is 0 Å². The van der Waals surface area contributed by atoms with Crippen LogP contribution in [0.2, 0.25) is 0 Å². The molecular formula is C15H12N6. The molecule has 6 nitrogen and oxygen atoms in total. The maximum atomic E-state index is 4.37. The monoisotopic (exact) mass is 276 g/mol. The second kappa shape index (κ2) is 4.52. The van der Waals surface area contributed by atoms with Crippen molar-refractivity contribution in [3.63, 3.8) is 0 Å². The van der Waals surface area contributed by atoms with Gasteiger partial charge in [-0.05, 0) is 42.8 Å². The SMILES string of the molecule is Cc1ccn2c(Nc3ccnc4cccnc34)nnc2c1. The maximum Gasteiger partial charge on any atom is 0.233 e. The number of pyridine rings is 3. The fraction of sp³-hybridized carbons (Fsp3) is 0.0667. The van der Waals surface area contributed by atoms with Crippen LogP contribution < -0.4 is 5.32 Å². The summed E-state index contributed by atoms with van der Waals surface area (Å²) in [6.07, 6.45) is 5.45. The van der Waals surface area contributed by atoms with Gasteiger partial charge in [-0.3, -0.25) is 14.4 Å². The minimum absolute atomic E-state index is 0.656. The third kappa shape index (κ3) is 1.97. The first-order valence-corrected chi connectivity index (χ1v) is 6.59. The molecule has 102 valence electrons. The van der Waals surface area contributed by atoms with E-state index < -0.39 is 0 Å². The zero-order valence-electron chi connectivity index (χ0n) is 11.4. The number of fused-ring (bicyclic) bond motifs is 2. The Bertz CT molecular complexity index is 938. The highest BCUT2D eigenvalue weighted by Crippen LogP contribution is 2.22. The number of hydrogen-bond donors (Lipinski definition) is 1. The molecule has 0 spiro atoms. The highest BCUT2D eigenvalue weighted by molar-refractivity contribution is 5.88. The summed E-state index contributed by atoms with van der Waals surface area (Å²) < 4.78 is 1.90. The minimum atomic E-state index is 0.656. The van der Waals surface area contributed by atoms with E-state index in [9.17, 15) is 0 Å². The number of anilines is 2. The lowest BCUT2D eigenvalue weighted by Gasteiger charge is -2.06. The second-order valence-electron chi connectivity index (χ2n) is 4.81. The zero-order valence-corrected chi connectivity index (χ0v) is 11.4. The van der Waals surface area contributed by atoms with Gasteiger partial charge in [-0.1, -0.05) is 0 Å². The molecule has 0 unspecified atom stereocenters. The van der Waals surface area contributed by atoms with Gasteiger partial charge in [0, 0.05) is 18.6 Å². The Morgan fingerprint density at radius 1 is 1.05 bits per heavy atom. The van der Waals surface area contributed by atoms with E-state index in [2.05, 4.69) is 25.5 Å². The van der Waals surface area contributed by atoms with Crippen molar-refractivity contribution >= 4 is 28.3 Å². The van der Waals surface area contributed by atoms with E-state index in [1.165, 1.54) is 0 Å². The Labute approximate surface area is 120 Å². The Hall–Kier alpha value is -3.02. The van der Waals surface area contributed by atoms with Crippen molar-refractivity contribution in [1.29, 1.82) is 0 Å². The van der Waals surface area contributed by atoms with Crippen LogP contribution in [-0.4, -0.2) is 24.6 Å². The van der Waals surface area contributed by atoms with E-state index in [0.717, 1.165) is 27.9 Å². The van der Waals surface area contributed by atoms with Gasteiger partial charge < -0.3 is 5.32 Å². The Morgan fingerprint density at radius 2 is 2.00 bits per heavy atom. The molecule has 4 aromatic rings. The molecule has 0 saturated carbocycles. The first-order chi connectivity index (χ1) is 10.3. The maximum absolute atomic E-state index is 4.37.